The Hall–Kier alpha value is -3.26. The van der Waals surface area contributed by atoms with Crippen molar-refractivity contribution in [3.8, 4) is 0 Å². The minimum absolute atomic E-state index is 0.00848. The molecule has 1 N–H and O–H groups in total. The molecule has 3 aliphatic rings. The number of thiazole rings is 1. The highest BCUT2D eigenvalue weighted by Crippen LogP contribution is 2.49. The minimum Gasteiger partial charge on any atom is -0.450 e. The number of ether oxygens (including phenoxy) is 1. The number of amides is 1. The number of nitrogens with zero attached hydrogens (tertiary/aromatic N) is 3. The lowest BCUT2D eigenvalue weighted by molar-refractivity contribution is 0.0683. The summed E-state index contributed by atoms with van der Waals surface area (Å²) < 4.78 is 5.44. The van der Waals surface area contributed by atoms with Gasteiger partial charge in [0.25, 0.3) is 0 Å². The second-order valence-corrected chi connectivity index (χ2v) is 13.1. The van der Waals surface area contributed by atoms with Crippen LogP contribution < -0.4 is 10.2 Å². The molecule has 0 spiro atoms. The third-order valence-electron chi connectivity index (χ3n) is 8.87. The molecule has 7 rings (SSSR count). The lowest BCUT2D eigenvalue weighted by Gasteiger charge is -2.44. The van der Waals surface area contributed by atoms with Gasteiger partial charge in [-0.2, -0.15) is 0 Å². The van der Waals surface area contributed by atoms with Gasteiger partial charge in [-0.15, -0.1) is 11.3 Å². The van der Waals surface area contributed by atoms with Crippen LogP contribution in [-0.2, 0) is 4.74 Å². The molecule has 42 heavy (non-hydrogen) atoms. The Labute approximate surface area is 260 Å². The van der Waals surface area contributed by atoms with E-state index in [1.807, 2.05) is 47.7 Å². The predicted octanol–water partition coefficient (Wildman–Crippen LogP) is 8.71. The van der Waals surface area contributed by atoms with Crippen molar-refractivity contribution in [1.29, 1.82) is 0 Å². The van der Waals surface area contributed by atoms with Gasteiger partial charge in [-0.05, 0) is 85.7 Å². The molecule has 0 radical (unpaired) electrons. The molecular formula is C33H32Cl2N4O2S. The Kier molecular flexibility index (Phi) is 7.51. The zero-order valence-electron chi connectivity index (χ0n) is 23.3. The second kappa shape index (κ2) is 11.4. The molecule has 1 aromatic heterocycles. The molecule has 4 unspecified atom stereocenters. The van der Waals surface area contributed by atoms with Crippen molar-refractivity contribution in [2.45, 2.75) is 62.8 Å². The molecule has 2 saturated heterocycles. The number of hydrogen-bond donors (Lipinski definition) is 1. The first-order valence-corrected chi connectivity index (χ1v) is 16.2. The van der Waals surface area contributed by atoms with Crippen LogP contribution in [0.25, 0.3) is 0 Å². The molecule has 1 amide bonds. The van der Waals surface area contributed by atoms with Crippen molar-refractivity contribution in [1.82, 2.24) is 9.88 Å². The van der Waals surface area contributed by atoms with Crippen LogP contribution in [0, 0.1) is 0 Å². The van der Waals surface area contributed by atoms with Gasteiger partial charge in [-0.25, -0.2) is 9.78 Å². The number of rotatable bonds is 6. The standard InChI is InChI=1S/C33H32Cl2N4O2S/c1-2-41-33(40)38-25-12-13-26(38)19-27(18-25)39-29-17-22(7-14-28(29)37-31(39)21-5-10-24(35)11-6-21)30(32-36-15-16-42-32)20-3-8-23(34)9-4-20/h3-11,14-17,25-27,30-31,37H,2,12-13,18-19H2,1H3. The number of anilines is 2. The average Bonchev–Trinajstić information content (AvgIpc) is 3.71. The van der Waals surface area contributed by atoms with Gasteiger partial charge in [-0.3, -0.25) is 0 Å². The quantitative estimate of drug-likeness (QED) is 0.234. The fraction of sp³-hybridized carbons (Fsp3) is 0.333. The summed E-state index contributed by atoms with van der Waals surface area (Å²) in [6, 6.07) is 23.6. The molecule has 9 heteroatoms. The van der Waals surface area contributed by atoms with Crippen LogP contribution >= 0.6 is 34.5 Å². The fourth-order valence-electron chi connectivity index (χ4n) is 7.10. The summed E-state index contributed by atoms with van der Waals surface area (Å²) in [7, 11) is 0. The number of piperidine rings is 1. The molecule has 6 nitrogen and oxygen atoms in total. The zero-order valence-corrected chi connectivity index (χ0v) is 25.6. The summed E-state index contributed by atoms with van der Waals surface area (Å²) in [6.45, 7) is 2.27. The van der Waals surface area contributed by atoms with E-state index in [1.165, 1.54) is 11.3 Å². The van der Waals surface area contributed by atoms with Gasteiger partial charge in [0.1, 0.15) is 11.2 Å². The first-order valence-electron chi connectivity index (χ1n) is 14.5. The maximum absolute atomic E-state index is 12.8. The molecule has 3 aromatic carbocycles. The predicted molar refractivity (Wildman–Crippen MR) is 170 cm³/mol. The SMILES string of the molecule is CCOC(=O)N1C2CCC1CC(N1c3cc(C(c4ccc(Cl)cc4)c4nccs4)ccc3NC1c1ccc(Cl)cc1)C2. The Morgan fingerprint density at radius 2 is 1.64 bits per heavy atom. The van der Waals surface area contributed by atoms with Crippen molar-refractivity contribution in [3.63, 3.8) is 0 Å². The lowest BCUT2D eigenvalue weighted by atomic mass is 9.90. The third-order valence-corrected chi connectivity index (χ3v) is 10.2. The van der Waals surface area contributed by atoms with Gasteiger partial charge in [0, 0.05) is 39.7 Å². The summed E-state index contributed by atoms with van der Waals surface area (Å²) in [4.78, 5) is 22.1. The second-order valence-electron chi connectivity index (χ2n) is 11.3. The van der Waals surface area contributed by atoms with Gasteiger partial charge in [0.2, 0.25) is 0 Å². The van der Waals surface area contributed by atoms with Crippen LogP contribution in [0.4, 0.5) is 16.2 Å². The monoisotopic (exact) mass is 618 g/mol. The highest BCUT2D eigenvalue weighted by atomic mass is 35.5. The molecule has 3 aliphatic heterocycles. The van der Waals surface area contributed by atoms with Gasteiger partial charge in [0.15, 0.2) is 0 Å². The third kappa shape index (κ3) is 5.01. The van der Waals surface area contributed by atoms with Crippen molar-refractivity contribution >= 4 is 52.0 Å². The van der Waals surface area contributed by atoms with E-state index in [4.69, 9.17) is 32.9 Å². The van der Waals surface area contributed by atoms with E-state index in [2.05, 4.69) is 52.7 Å². The molecular weight excluding hydrogens is 587 g/mol. The van der Waals surface area contributed by atoms with Crippen molar-refractivity contribution in [2.75, 3.05) is 16.8 Å². The molecule has 4 heterocycles. The molecule has 216 valence electrons. The number of hydrogen-bond acceptors (Lipinski definition) is 6. The van der Waals surface area contributed by atoms with Crippen LogP contribution in [0.2, 0.25) is 10.0 Å². The molecule has 2 bridgehead atoms. The van der Waals surface area contributed by atoms with E-state index >= 15 is 0 Å². The number of carbonyl (C=O) groups is 1. The molecule has 2 fully saturated rings. The first kappa shape index (κ1) is 27.6. The van der Waals surface area contributed by atoms with Crippen LogP contribution in [0.15, 0.2) is 78.3 Å². The maximum Gasteiger partial charge on any atom is 0.410 e. The Morgan fingerprint density at radius 3 is 2.29 bits per heavy atom. The molecule has 4 atom stereocenters. The van der Waals surface area contributed by atoms with Crippen LogP contribution in [0.5, 0.6) is 0 Å². The Morgan fingerprint density at radius 1 is 0.976 bits per heavy atom. The number of benzene rings is 3. The number of nitrogens with one attached hydrogen (secondary N) is 1. The van der Waals surface area contributed by atoms with Crippen molar-refractivity contribution in [3.05, 3.63) is 110 Å². The van der Waals surface area contributed by atoms with Gasteiger partial charge < -0.3 is 19.9 Å². The fourth-order valence-corrected chi connectivity index (χ4v) is 8.14. The van der Waals surface area contributed by atoms with Crippen LogP contribution in [0.1, 0.15) is 66.4 Å². The zero-order chi connectivity index (χ0) is 28.8. The highest BCUT2D eigenvalue weighted by molar-refractivity contribution is 7.09. The first-order chi connectivity index (χ1) is 20.5. The largest absolute Gasteiger partial charge is 0.450 e. The summed E-state index contributed by atoms with van der Waals surface area (Å²) in [5, 5.41) is 8.33. The number of fused-ring (bicyclic) bond motifs is 3. The smallest absolute Gasteiger partial charge is 0.410 e. The molecule has 4 aromatic rings. The normalized spacial score (nSPS) is 23.4. The van der Waals surface area contributed by atoms with Crippen LogP contribution in [0.3, 0.4) is 0 Å². The van der Waals surface area contributed by atoms with E-state index < -0.39 is 0 Å². The van der Waals surface area contributed by atoms with Gasteiger partial charge in [-0.1, -0.05) is 53.5 Å². The van der Waals surface area contributed by atoms with E-state index in [9.17, 15) is 4.79 Å². The maximum atomic E-state index is 12.8. The average molecular weight is 620 g/mol. The highest BCUT2D eigenvalue weighted by Gasteiger charge is 2.48. The summed E-state index contributed by atoms with van der Waals surface area (Å²) in [6.07, 6.45) is 5.49. The van der Waals surface area contributed by atoms with Crippen molar-refractivity contribution in [2.24, 2.45) is 0 Å². The number of halogens is 2. The van der Waals surface area contributed by atoms with E-state index in [0.717, 1.165) is 57.6 Å². The Balaban J connectivity index is 1.29. The molecule has 0 saturated carbocycles. The van der Waals surface area contributed by atoms with E-state index in [-0.39, 0.29) is 36.3 Å². The number of aromatic nitrogens is 1. The topological polar surface area (TPSA) is 57.7 Å². The van der Waals surface area contributed by atoms with Crippen LogP contribution in [-0.4, -0.2) is 40.7 Å². The summed E-state index contributed by atoms with van der Waals surface area (Å²) in [5.74, 6) is -0.00848. The Bertz CT molecular complexity index is 1550. The summed E-state index contributed by atoms with van der Waals surface area (Å²) >= 11 is 14.2. The van der Waals surface area contributed by atoms with Gasteiger partial charge >= 0.3 is 6.09 Å². The summed E-state index contributed by atoms with van der Waals surface area (Å²) in [5.41, 5.74) is 5.78. The van der Waals surface area contributed by atoms with E-state index in [1.54, 1.807) is 11.3 Å². The van der Waals surface area contributed by atoms with Crippen molar-refractivity contribution < 1.29 is 9.53 Å². The lowest BCUT2D eigenvalue weighted by Crippen LogP contribution is -2.53. The number of carbonyl (C=O) groups excluding carboxylic acids is 1. The van der Waals surface area contributed by atoms with Gasteiger partial charge in [0.05, 0.1) is 23.9 Å². The van der Waals surface area contributed by atoms with E-state index in [0.29, 0.717) is 6.61 Å². The molecule has 0 aliphatic carbocycles. The minimum atomic E-state index is -0.172.